The van der Waals surface area contributed by atoms with Crippen molar-refractivity contribution in [2.45, 2.75) is 0 Å². The van der Waals surface area contributed by atoms with E-state index in [2.05, 4.69) is 142 Å². The highest BCUT2D eigenvalue weighted by Crippen LogP contribution is 2.40. The Bertz CT molecular complexity index is 3570. The van der Waals surface area contributed by atoms with Crippen LogP contribution in [0.5, 0.6) is 0 Å². The first-order valence-corrected chi connectivity index (χ1v) is 19.4. The molecule has 0 aliphatic rings. The van der Waals surface area contributed by atoms with Gasteiger partial charge in [0.25, 0.3) is 0 Å². The third-order valence-electron chi connectivity index (χ3n) is 11.1. The zero-order valence-corrected chi connectivity index (χ0v) is 31.0. The summed E-state index contributed by atoms with van der Waals surface area (Å²) in [5.74, 6) is 2.61. The summed E-state index contributed by atoms with van der Waals surface area (Å²) in [5, 5.41) is 5.54. The van der Waals surface area contributed by atoms with Gasteiger partial charge in [-0.3, -0.25) is 8.97 Å². The Morgan fingerprint density at radius 1 is 0.328 bits per heavy atom. The van der Waals surface area contributed by atoms with Crippen molar-refractivity contribution in [1.29, 1.82) is 0 Å². The number of para-hydroxylation sites is 3. The van der Waals surface area contributed by atoms with Crippen LogP contribution in [0.3, 0.4) is 0 Å². The summed E-state index contributed by atoms with van der Waals surface area (Å²) < 4.78 is 4.49. The van der Waals surface area contributed by atoms with Gasteiger partial charge in [-0.15, -0.1) is 0 Å². The van der Waals surface area contributed by atoms with Crippen LogP contribution in [0, 0.1) is 0 Å². The lowest BCUT2D eigenvalue weighted by molar-refractivity contribution is 0.979. The van der Waals surface area contributed by atoms with Gasteiger partial charge in [-0.1, -0.05) is 133 Å². The van der Waals surface area contributed by atoms with Crippen molar-refractivity contribution >= 4 is 60.2 Å². The van der Waals surface area contributed by atoms with Gasteiger partial charge >= 0.3 is 0 Å². The highest BCUT2D eigenvalue weighted by molar-refractivity contribution is 6.22. The molecule has 7 heteroatoms. The van der Waals surface area contributed by atoms with Crippen LogP contribution in [0.1, 0.15) is 0 Å². The molecular formula is C51H31N7. The predicted octanol–water partition coefficient (Wildman–Crippen LogP) is 12.1. The summed E-state index contributed by atoms with van der Waals surface area (Å²) >= 11 is 0. The molecule has 0 saturated carbocycles. The van der Waals surface area contributed by atoms with E-state index in [1.165, 1.54) is 0 Å². The first kappa shape index (κ1) is 32.2. The fourth-order valence-electron chi connectivity index (χ4n) is 8.44. The Labute approximate surface area is 332 Å². The quantitative estimate of drug-likeness (QED) is 0.176. The molecule has 12 rings (SSSR count). The van der Waals surface area contributed by atoms with Crippen LogP contribution < -0.4 is 0 Å². The zero-order chi connectivity index (χ0) is 38.2. The number of benzene rings is 8. The fourth-order valence-corrected chi connectivity index (χ4v) is 8.44. The van der Waals surface area contributed by atoms with Crippen LogP contribution in [0.2, 0.25) is 0 Å². The number of imidazole rings is 1. The molecule has 0 atom stereocenters. The van der Waals surface area contributed by atoms with Crippen molar-refractivity contribution in [1.82, 2.24) is 33.9 Å². The summed E-state index contributed by atoms with van der Waals surface area (Å²) in [4.78, 5) is 26.0. The number of rotatable bonds is 5. The van der Waals surface area contributed by atoms with E-state index in [9.17, 15) is 0 Å². The van der Waals surface area contributed by atoms with E-state index >= 15 is 0 Å². The maximum Gasteiger partial charge on any atom is 0.221 e. The van der Waals surface area contributed by atoms with E-state index in [1.807, 2.05) is 54.6 Å². The molecule has 4 heterocycles. The van der Waals surface area contributed by atoms with E-state index in [4.69, 9.17) is 24.9 Å². The SMILES string of the molecule is c1ccc(-c2cccc(-c3nc(-c4ccccc4)nc(-c4ccc5c(c4)c4c6ccccc6ccc4n5-c4nc5ccccc5c5nc6ccccc6n45)n3)c2)cc1. The van der Waals surface area contributed by atoms with Crippen molar-refractivity contribution in [3.05, 3.63) is 188 Å². The summed E-state index contributed by atoms with van der Waals surface area (Å²) in [6, 6.07) is 65.0. The van der Waals surface area contributed by atoms with Crippen molar-refractivity contribution in [2.24, 2.45) is 0 Å². The number of fused-ring (bicyclic) bond motifs is 10. The number of nitrogens with zero attached hydrogens (tertiary/aromatic N) is 7. The van der Waals surface area contributed by atoms with Gasteiger partial charge in [-0.25, -0.2) is 24.9 Å². The van der Waals surface area contributed by atoms with Gasteiger partial charge in [0.1, 0.15) is 5.65 Å². The second kappa shape index (κ2) is 12.8. The van der Waals surface area contributed by atoms with Gasteiger partial charge in [-0.05, 0) is 76.5 Å². The van der Waals surface area contributed by atoms with Gasteiger partial charge in [0, 0.05) is 32.8 Å². The first-order chi connectivity index (χ1) is 28.7. The van der Waals surface area contributed by atoms with E-state index in [0.29, 0.717) is 17.5 Å². The molecule has 0 aliphatic carbocycles. The van der Waals surface area contributed by atoms with E-state index in [0.717, 1.165) is 93.9 Å². The molecule has 0 saturated heterocycles. The number of hydrogen-bond donors (Lipinski definition) is 0. The van der Waals surface area contributed by atoms with Crippen LogP contribution in [0.4, 0.5) is 0 Å². The molecule has 58 heavy (non-hydrogen) atoms. The Hall–Kier alpha value is -8.03. The molecule has 0 N–H and O–H groups in total. The van der Waals surface area contributed by atoms with E-state index < -0.39 is 0 Å². The van der Waals surface area contributed by atoms with Crippen LogP contribution in [-0.2, 0) is 0 Å². The van der Waals surface area contributed by atoms with E-state index in [1.54, 1.807) is 0 Å². The molecule has 0 radical (unpaired) electrons. The number of hydrogen-bond acceptors (Lipinski definition) is 5. The second-order valence-electron chi connectivity index (χ2n) is 14.6. The van der Waals surface area contributed by atoms with Crippen LogP contribution in [0.25, 0.3) is 111 Å². The highest BCUT2D eigenvalue weighted by atomic mass is 15.2. The molecule has 0 bridgehead atoms. The molecule has 0 aliphatic heterocycles. The maximum absolute atomic E-state index is 5.40. The summed E-state index contributed by atoms with van der Waals surface area (Å²) in [5.41, 5.74) is 10.7. The van der Waals surface area contributed by atoms with Gasteiger partial charge in [0.15, 0.2) is 17.5 Å². The average Bonchev–Trinajstić information content (AvgIpc) is 3.86. The molecule has 8 aromatic carbocycles. The molecular weight excluding hydrogens is 711 g/mol. The molecule has 0 fully saturated rings. The standard InChI is InChI=1S/C51H31N7/c1-3-14-32(15-4-1)35-19-13-20-36(30-35)48-54-47(34-17-5-2-6-18-34)55-49(56-48)37-27-28-43-40(31-37)46-38-21-8-7-16-33(38)26-29-45(46)57(43)51-53-41-23-10-9-22-39(41)50-52-42-24-11-12-25-44(42)58(50)51/h1-31H. The summed E-state index contributed by atoms with van der Waals surface area (Å²) in [7, 11) is 0. The summed E-state index contributed by atoms with van der Waals surface area (Å²) in [6.07, 6.45) is 0. The Morgan fingerprint density at radius 2 is 0.931 bits per heavy atom. The Kier molecular flexibility index (Phi) is 7.09. The zero-order valence-electron chi connectivity index (χ0n) is 31.0. The second-order valence-corrected chi connectivity index (χ2v) is 14.6. The Morgan fingerprint density at radius 3 is 1.74 bits per heavy atom. The molecule has 12 aromatic rings. The molecule has 0 spiro atoms. The topological polar surface area (TPSA) is 73.8 Å². The third-order valence-corrected chi connectivity index (χ3v) is 11.1. The first-order valence-electron chi connectivity index (χ1n) is 19.4. The van der Waals surface area contributed by atoms with Crippen molar-refractivity contribution in [3.63, 3.8) is 0 Å². The minimum absolute atomic E-state index is 0.601. The largest absolute Gasteiger partial charge is 0.279 e. The molecule has 7 nitrogen and oxygen atoms in total. The molecule has 0 unspecified atom stereocenters. The van der Waals surface area contributed by atoms with Crippen molar-refractivity contribution in [3.8, 4) is 51.2 Å². The van der Waals surface area contributed by atoms with Crippen LogP contribution in [-0.4, -0.2) is 33.9 Å². The molecule has 4 aromatic heterocycles. The van der Waals surface area contributed by atoms with Crippen molar-refractivity contribution in [2.75, 3.05) is 0 Å². The monoisotopic (exact) mass is 741 g/mol. The summed E-state index contributed by atoms with van der Waals surface area (Å²) in [6.45, 7) is 0. The molecule has 0 amide bonds. The van der Waals surface area contributed by atoms with Crippen LogP contribution >= 0.6 is 0 Å². The third kappa shape index (κ3) is 5.04. The lowest BCUT2D eigenvalue weighted by Gasteiger charge is -2.13. The van der Waals surface area contributed by atoms with Gasteiger partial charge < -0.3 is 0 Å². The van der Waals surface area contributed by atoms with Gasteiger partial charge in [0.2, 0.25) is 5.95 Å². The minimum atomic E-state index is 0.601. The van der Waals surface area contributed by atoms with Crippen LogP contribution in [0.15, 0.2) is 188 Å². The van der Waals surface area contributed by atoms with Gasteiger partial charge in [-0.2, -0.15) is 0 Å². The maximum atomic E-state index is 5.40. The Balaban J connectivity index is 1.14. The molecule has 270 valence electrons. The fraction of sp³-hybridized carbons (Fsp3) is 0. The number of aromatic nitrogens is 7. The lowest BCUT2D eigenvalue weighted by Crippen LogP contribution is -2.06. The average molecular weight is 742 g/mol. The van der Waals surface area contributed by atoms with Gasteiger partial charge in [0.05, 0.1) is 27.6 Å². The predicted molar refractivity (Wildman–Crippen MR) is 235 cm³/mol. The normalized spacial score (nSPS) is 11.8. The highest BCUT2D eigenvalue weighted by Gasteiger charge is 2.22. The minimum Gasteiger partial charge on any atom is -0.279 e. The smallest absolute Gasteiger partial charge is 0.221 e. The van der Waals surface area contributed by atoms with E-state index in [-0.39, 0.29) is 0 Å². The van der Waals surface area contributed by atoms with Crippen molar-refractivity contribution < 1.29 is 0 Å². The lowest BCUT2D eigenvalue weighted by atomic mass is 10.0.